The van der Waals surface area contributed by atoms with Crippen LogP contribution >= 0.6 is 41.0 Å². The molecule has 4 unspecified atom stereocenters. The van der Waals surface area contributed by atoms with Crippen molar-refractivity contribution in [3.05, 3.63) is 66.2 Å². The number of nitrogens with zero attached hydrogens (tertiary/aromatic N) is 4. The van der Waals surface area contributed by atoms with E-state index in [-0.39, 0.29) is 40.8 Å². The van der Waals surface area contributed by atoms with Gasteiger partial charge in [-0.3, -0.25) is 43.0 Å². The van der Waals surface area contributed by atoms with E-state index in [1.54, 1.807) is 6.92 Å². The molecule has 2 aliphatic rings. The summed E-state index contributed by atoms with van der Waals surface area (Å²) < 4.78 is 76.8. The number of alkyl halides is 2. The minimum atomic E-state index is -1.71. The number of rotatable bonds is 30. The number of aliphatic hydroxyl groups is 1. The van der Waals surface area contributed by atoms with Gasteiger partial charge in [0, 0.05) is 84.1 Å². The minimum absolute atomic E-state index is 0.0161. The first-order valence-corrected chi connectivity index (χ1v) is 32.5. The van der Waals surface area contributed by atoms with Gasteiger partial charge >= 0.3 is 11.4 Å². The van der Waals surface area contributed by atoms with Gasteiger partial charge in [-0.15, -0.1) is 0 Å². The van der Waals surface area contributed by atoms with Gasteiger partial charge in [-0.1, -0.05) is 92.8 Å². The SMILES string of the molecule is CC(C)C(=O)SCCOCCOPN(C(C)C)C(C)C.CC(C)NC(C)C.CC[C@H]1O[C@@H](n2ccc(=O)[nH]c2=O)[C@@H](F)C1O.CC[C@H]1O[C@](C)(n2ccc(=O)[nH]c2=O)[C@@H](F)C1OP(OCCOCCSC(=O)C(C)C)N(C(C)C)C(C)C. The summed E-state index contributed by atoms with van der Waals surface area (Å²) in [6.07, 6.45) is -4.87. The molecule has 0 amide bonds. The van der Waals surface area contributed by atoms with Crippen molar-refractivity contribution in [2.24, 2.45) is 11.8 Å². The van der Waals surface area contributed by atoms with E-state index in [9.17, 15) is 38.3 Å². The molecule has 0 aromatic carbocycles. The molecule has 2 aromatic heterocycles. The monoisotopic (exact) mass is 1250 g/mol. The predicted octanol–water partition coefficient (Wildman–Crippen LogP) is 8.53. The smallest absolute Gasteiger partial charge is 0.330 e. The number of thioether (sulfide) groups is 2. The molecule has 2 fully saturated rings. The van der Waals surface area contributed by atoms with Crippen molar-refractivity contribution < 1.29 is 56.0 Å². The summed E-state index contributed by atoms with van der Waals surface area (Å²) in [7, 11) is -1.33. The van der Waals surface area contributed by atoms with Crippen LogP contribution in [0.4, 0.5) is 8.78 Å². The van der Waals surface area contributed by atoms with Crippen LogP contribution in [0.15, 0.2) is 43.7 Å². The Morgan fingerprint density at radius 2 is 1.22 bits per heavy atom. The molecule has 0 aliphatic carbocycles. The highest BCUT2D eigenvalue weighted by molar-refractivity contribution is 8.13. The second-order valence-corrected chi connectivity index (χ2v) is 26.6. The van der Waals surface area contributed by atoms with Gasteiger partial charge in [0.25, 0.3) is 19.6 Å². The quantitative estimate of drug-likeness (QED) is 0.0423. The molecular weight excluding hydrogens is 1150 g/mol. The molecule has 27 heteroatoms. The number of nitrogens with one attached hydrogen (secondary N) is 3. The Labute approximate surface area is 497 Å². The fraction of sp³-hybridized carbons (Fsp3) is 0.818. The molecule has 4 heterocycles. The molecule has 476 valence electrons. The second-order valence-electron chi connectivity index (χ2n) is 22.0. The van der Waals surface area contributed by atoms with E-state index in [2.05, 4.69) is 70.4 Å². The average molecular weight is 1250 g/mol. The Hall–Kier alpha value is -2.32. The summed E-state index contributed by atoms with van der Waals surface area (Å²) in [6.45, 7) is 40.8. The van der Waals surface area contributed by atoms with Crippen molar-refractivity contribution in [2.75, 3.05) is 51.1 Å². The Bertz CT molecular complexity index is 2330. The van der Waals surface area contributed by atoms with E-state index in [4.69, 9.17) is 32.5 Å². The largest absolute Gasteiger partial charge is 0.387 e. The number of halogens is 2. The fourth-order valence-corrected chi connectivity index (χ4v) is 12.2. The molecule has 4 rings (SSSR count). The van der Waals surface area contributed by atoms with Crippen molar-refractivity contribution >= 4 is 51.2 Å². The first-order valence-electron chi connectivity index (χ1n) is 28.6. The van der Waals surface area contributed by atoms with Crippen LogP contribution in [-0.4, -0.2) is 168 Å². The number of hydrogen-bond donors (Lipinski definition) is 4. The normalized spacial score (nSPS) is 22.3. The number of carbonyl (C=O) groups excluding carboxylic acids is 2. The van der Waals surface area contributed by atoms with Gasteiger partial charge in [-0.05, 0) is 75.2 Å². The minimum Gasteiger partial charge on any atom is -0.387 e. The average Bonchev–Trinajstić information content (AvgIpc) is 3.79. The molecule has 0 spiro atoms. The Kier molecular flexibility index (Phi) is 38.1. The number of H-pyrrole nitrogens is 2. The van der Waals surface area contributed by atoms with E-state index in [1.165, 1.54) is 36.6 Å². The lowest BCUT2D eigenvalue weighted by molar-refractivity contribution is -0.114. The fourth-order valence-electron chi connectivity index (χ4n) is 8.26. The molecule has 0 radical (unpaired) electrons. The maximum atomic E-state index is 16.1. The molecule has 2 aromatic rings. The third kappa shape index (κ3) is 27.2. The summed E-state index contributed by atoms with van der Waals surface area (Å²) in [5.41, 5.74) is -4.31. The number of aromatic nitrogens is 4. The first kappa shape index (κ1) is 77.7. The van der Waals surface area contributed by atoms with E-state index < -0.39 is 79.7 Å². The van der Waals surface area contributed by atoms with Gasteiger partial charge in [0.2, 0.25) is 0 Å². The van der Waals surface area contributed by atoms with Crippen LogP contribution in [0, 0.1) is 11.8 Å². The van der Waals surface area contributed by atoms with Crippen LogP contribution in [0.5, 0.6) is 0 Å². The Morgan fingerprint density at radius 1 is 0.732 bits per heavy atom. The highest BCUT2D eigenvalue weighted by Crippen LogP contribution is 2.51. The Morgan fingerprint density at radius 3 is 1.63 bits per heavy atom. The summed E-state index contributed by atoms with van der Waals surface area (Å²) in [5.74, 6) is 1.37. The van der Waals surface area contributed by atoms with Crippen LogP contribution in [0.1, 0.15) is 151 Å². The first-order chi connectivity index (χ1) is 38.4. The summed E-state index contributed by atoms with van der Waals surface area (Å²) >= 11 is 2.60. The zero-order valence-electron chi connectivity index (χ0n) is 52.1. The lowest BCUT2D eigenvalue weighted by Gasteiger charge is -2.37. The topological polar surface area (TPSA) is 247 Å². The molecule has 0 saturated carbocycles. The van der Waals surface area contributed by atoms with Gasteiger partial charge < -0.3 is 42.9 Å². The predicted molar refractivity (Wildman–Crippen MR) is 327 cm³/mol. The van der Waals surface area contributed by atoms with Crippen LogP contribution in [0.3, 0.4) is 0 Å². The number of hydrogen-bond acceptors (Lipinski definition) is 19. The third-order valence-electron chi connectivity index (χ3n) is 12.1. The number of carbonyl (C=O) groups is 2. The van der Waals surface area contributed by atoms with Crippen molar-refractivity contribution in [3.8, 4) is 0 Å². The molecule has 2 saturated heterocycles. The summed E-state index contributed by atoms with van der Waals surface area (Å²) in [6, 6.07) is 4.59. The van der Waals surface area contributed by atoms with Crippen LogP contribution in [-0.2, 0) is 47.8 Å². The van der Waals surface area contributed by atoms with Crippen molar-refractivity contribution in [1.29, 1.82) is 0 Å². The molecule has 0 bridgehead atoms. The lowest BCUT2D eigenvalue weighted by atomic mass is 10.0. The Balaban J connectivity index is 0.000000635. The number of aromatic amines is 2. The van der Waals surface area contributed by atoms with Gasteiger partial charge in [-0.25, -0.2) is 23.0 Å². The van der Waals surface area contributed by atoms with E-state index in [1.807, 2.05) is 72.0 Å². The van der Waals surface area contributed by atoms with Gasteiger partial charge in [-0.2, -0.15) is 0 Å². The number of aliphatic hydroxyl groups excluding tert-OH is 1. The second kappa shape index (κ2) is 40.2. The van der Waals surface area contributed by atoms with Gasteiger partial charge in [0.1, 0.15) is 12.2 Å². The van der Waals surface area contributed by atoms with E-state index in [0.29, 0.717) is 84.8 Å². The van der Waals surface area contributed by atoms with E-state index >= 15 is 4.39 Å². The van der Waals surface area contributed by atoms with Crippen molar-refractivity contribution in [2.45, 2.75) is 229 Å². The van der Waals surface area contributed by atoms with Gasteiger partial charge in [0.05, 0.1) is 60.8 Å². The lowest BCUT2D eigenvalue weighted by Crippen LogP contribution is -2.48. The maximum absolute atomic E-state index is 16.1. The van der Waals surface area contributed by atoms with Crippen molar-refractivity contribution in [1.82, 2.24) is 33.8 Å². The number of ether oxygens (including phenoxy) is 4. The molecule has 21 nitrogen and oxygen atoms in total. The molecular formula is C55H101F2N7O14P2S2. The summed E-state index contributed by atoms with van der Waals surface area (Å²) in [5, 5.41) is 13.2. The third-order valence-corrected chi connectivity index (χ3v) is 18.1. The maximum Gasteiger partial charge on any atom is 0.330 e. The van der Waals surface area contributed by atoms with Crippen LogP contribution in [0.25, 0.3) is 0 Å². The zero-order chi connectivity index (χ0) is 62.6. The van der Waals surface area contributed by atoms with E-state index in [0.717, 1.165) is 33.2 Å². The molecule has 2 aliphatic heterocycles. The highest BCUT2D eigenvalue weighted by atomic mass is 32.2. The molecule has 82 heavy (non-hydrogen) atoms. The summed E-state index contributed by atoms with van der Waals surface area (Å²) in [4.78, 5) is 73.6. The highest BCUT2D eigenvalue weighted by Gasteiger charge is 2.56. The van der Waals surface area contributed by atoms with Gasteiger partial charge in [0.15, 0.2) is 34.5 Å². The molecule has 4 N–H and O–H groups in total. The van der Waals surface area contributed by atoms with Crippen LogP contribution in [0.2, 0.25) is 0 Å². The van der Waals surface area contributed by atoms with Crippen LogP contribution < -0.4 is 27.8 Å². The van der Waals surface area contributed by atoms with Crippen molar-refractivity contribution in [3.63, 3.8) is 0 Å². The zero-order valence-corrected chi connectivity index (χ0v) is 55.6. The molecule has 10 atom stereocenters. The standard InChI is InChI=1S/C25H43FN3O7PS.C14H30NO3PS.C10H13FN2O4.C6H15N/c1-9-19-21(22(26)25(8,35-19)28-11-10-20(30)27-24(28)32)36-37(29(17(4)5)18(6)7)34-13-12-33-14-15-38-23(31)16(2)3;1-11(2)14(16)20-10-9-17-7-8-18-19-15(12(3)4)13(5)6;1-2-5-8(15)7(11)9(17-5)13-4-3-6(14)12-10(13)16;1-5(2)7-6(3)4/h10-11,16-19,21-22H,9,12-15H2,1-8H3,(H,27,30,32);11-13,19H,7-10H2,1-6H3;3-5,7-9,15H,2H2,1H3,(H,12,14,16);5-7H,1-4H3/t19-,21?,22+,25+,37?;;5-,7+,8?,9-;/m1.1./s1.